The normalized spacial score (nSPS) is 15.7. The van der Waals surface area contributed by atoms with E-state index < -0.39 is 0 Å². The van der Waals surface area contributed by atoms with Crippen molar-refractivity contribution in [2.24, 2.45) is 4.99 Å². The third kappa shape index (κ3) is 8.86. The van der Waals surface area contributed by atoms with Crippen LogP contribution < -0.4 is 16.0 Å². The Hall–Kier alpha value is -0.910. The largest absolute Gasteiger partial charge is 0.357 e. The van der Waals surface area contributed by atoms with Gasteiger partial charge in [0, 0.05) is 30.3 Å². The van der Waals surface area contributed by atoms with E-state index in [2.05, 4.69) is 48.0 Å². The number of rotatable bonds is 9. The van der Waals surface area contributed by atoms with Crippen LogP contribution in [0.15, 0.2) is 4.99 Å². The molecule has 1 saturated carbocycles. The van der Waals surface area contributed by atoms with Gasteiger partial charge in [0.2, 0.25) is 5.91 Å². The van der Waals surface area contributed by atoms with Crippen molar-refractivity contribution in [1.29, 1.82) is 0 Å². The predicted molar refractivity (Wildman–Crippen MR) is 92.0 cm³/mol. The van der Waals surface area contributed by atoms with Crippen molar-refractivity contribution in [2.45, 2.75) is 57.2 Å². The minimum absolute atomic E-state index is 0.145. The van der Waals surface area contributed by atoms with Crippen LogP contribution in [0.1, 0.15) is 46.5 Å². The van der Waals surface area contributed by atoms with Crippen LogP contribution in [-0.2, 0) is 4.79 Å². The maximum atomic E-state index is 11.6. The highest BCUT2D eigenvalue weighted by atomic mass is 32.2. The fraction of sp³-hybridized carbons (Fsp3) is 0.867. The highest BCUT2D eigenvalue weighted by Gasteiger charge is 2.22. The summed E-state index contributed by atoms with van der Waals surface area (Å²) in [7, 11) is 0. The summed E-state index contributed by atoms with van der Waals surface area (Å²) in [6, 6.07) is 0.457. The zero-order chi connectivity index (χ0) is 15.7. The van der Waals surface area contributed by atoms with E-state index in [1.807, 2.05) is 11.8 Å². The van der Waals surface area contributed by atoms with Crippen LogP contribution >= 0.6 is 11.8 Å². The van der Waals surface area contributed by atoms with Gasteiger partial charge in [0.05, 0.1) is 6.54 Å². The van der Waals surface area contributed by atoms with Gasteiger partial charge in [-0.2, -0.15) is 11.8 Å². The second-order valence-electron chi connectivity index (χ2n) is 6.03. The van der Waals surface area contributed by atoms with E-state index in [4.69, 9.17) is 0 Å². The Morgan fingerprint density at radius 3 is 2.62 bits per heavy atom. The first-order valence-corrected chi connectivity index (χ1v) is 9.06. The molecule has 0 aromatic carbocycles. The fourth-order valence-electron chi connectivity index (χ4n) is 1.66. The summed E-state index contributed by atoms with van der Waals surface area (Å²) in [5.74, 6) is 1.01. The highest BCUT2D eigenvalue weighted by Crippen LogP contribution is 2.21. The second kappa shape index (κ2) is 9.18. The van der Waals surface area contributed by atoms with Crippen molar-refractivity contribution in [1.82, 2.24) is 16.0 Å². The van der Waals surface area contributed by atoms with Crippen molar-refractivity contribution >= 4 is 23.6 Å². The van der Waals surface area contributed by atoms with Crippen molar-refractivity contribution in [3.63, 3.8) is 0 Å². The van der Waals surface area contributed by atoms with Crippen LogP contribution in [-0.4, -0.2) is 48.5 Å². The number of thioether (sulfide) groups is 1. The van der Waals surface area contributed by atoms with E-state index in [-0.39, 0.29) is 10.7 Å². The molecule has 0 spiro atoms. The molecule has 0 unspecified atom stereocenters. The number of nitrogens with zero attached hydrogens (tertiary/aromatic N) is 1. The molecule has 1 rings (SSSR count). The Kier molecular flexibility index (Phi) is 7.93. The van der Waals surface area contributed by atoms with Gasteiger partial charge in [0.1, 0.15) is 0 Å². The first-order valence-electron chi connectivity index (χ1n) is 7.83. The van der Waals surface area contributed by atoms with Crippen molar-refractivity contribution in [3.8, 4) is 0 Å². The molecule has 1 aliphatic carbocycles. The van der Waals surface area contributed by atoms with Crippen LogP contribution in [0.4, 0.5) is 0 Å². The molecule has 0 heterocycles. The van der Waals surface area contributed by atoms with Gasteiger partial charge in [-0.05, 0) is 46.3 Å². The minimum atomic E-state index is 0.145. The lowest BCUT2D eigenvalue weighted by Crippen LogP contribution is -2.39. The Morgan fingerprint density at radius 2 is 2.05 bits per heavy atom. The van der Waals surface area contributed by atoms with Crippen LogP contribution in [0.2, 0.25) is 0 Å². The monoisotopic (exact) mass is 314 g/mol. The average molecular weight is 314 g/mol. The maximum absolute atomic E-state index is 11.6. The third-order valence-electron chi connectivity index (χ3n) is 3.33. The predicted octanol–water partition coefficient (Wildman–Crippen LogP) is 1.74. The number of carbonyl (C=O) groups is 1. The number of guanidine groups is 1. The molecular weight excluding hydrogens is 284 g/mol. The lowest BCUT2D eigenvalue weighted by atomic mass is 10.2. The van der Waals surface area contributed by atoms with Gasteiger partial charge in [-0.1, -0.05) is 0 Å². The van der Waals surface area contributed by atoms with E-state index in [1.165, 1.54) is 0 Å². The summed E-state index contributed by atoms with van der Waals surface area (Å²) in [4.78, 5) is 16.2. The van der Waals surface area contributed by atoms with Crippen molar-refractivity contribution in [2.75, 3.05) is 25.9 Å². The number of amides is 1. The summed E-state index contributed by atoms with van der Waals surface area (Å²) in [5.41, 5.74) is 0. The molecule has 3 N–H and O–H groups in total. The van der Waals surface area contributed by atoms with Crippen molar-refractivity contribution in [3.05, 3.63) is 0 Å². The van der Waals surface area contributed by atoms with Gasteiger partial charge in [-0.25, -0.2) is 0 Å². The molecule has 0 atom stereocenters. The zero-order valence-corrected chi connectivity index (χ0v) is 14.6. The second-order valence-corrected chi connectivity index (χ2v) is 7.54. The van der Waals surface area contributed by atoms with Crippen LogP contribution in [0.3, 0.4) is 0 Å². The van der Waals surface area contributed by atoms with E-state index in [0.717, 1.165) is 44.9 Å². The number of hydrogen-bond donors (Lipinski definition) is 3. The summed E-state index contributed by atoms with van der Waals surface area (Å²) in [6.45, 7) is 8.81. The Balaban J connectivity index is 2.23. The quantitative estimate of drug-likeness (QED) is 0.345. The molecule has 0 aromatic rings. The van der Waals surface area contributed by atoms with E-state index >= 15 is 0 Å². The third-order valence-corrected chi connectivity index (χ3v) is 4.56. The van der Waals surface area contributed by atoms with Gasteiger partial charge < -0.3 is 16.0 Å². The molecule has 0 bridgehead atoms. The summed E-state index contributed by atoms with van der Waals surface area (Å²) < 4.78 is 0.145. The number of carbonyl (C=O) groups excluding carboxylic acids is 1. The zero-order valence-electron chi connectivity index (χ0n) is 13.8. The van der Waals surface area contributed by atoms with Gasteiger partial charge in [-0.3, -0.25) is 9.79 Å². The molecule has 0 aromatic heterocycles. The number of aliphatic imine (C=N–C) groups is 1. The first kappa shape index (κ1) is 18.1. The lowest BCUT2D eigenvalue weighted by molar-refractivity contribution is -0.121. The summed E-state index contributed by atoms with van der Waals surface area (Å²) >= 11 is 1.82. The molecule has 122 valence electrons. The fourth-order valence-corrected chi connectivity index (χ4v) is 1.85. The standard InChI is InChI=1S/C15H30N4OS/c1-5-16-14(18-11-15(2,3)21-4)17-10-6-7-13(20)19-12-8-9-12/h12H,5-11H2,1-4H3,(H,19,20)(H2,16,17,18). The molecule has 1 amide bonds. The molecule has 21 heavy (non-hydrogen) atoms. The smallest absolute Gasteiger partial charge is 0.220 e. The average Bonchev–Trinajstić information content (AvgIpc) is 3.24. The summed E-state index contributed by atoms with van der Waals surface area (Å²) in [6.07, 6.45) is 5.81. The SMILES string of the molecule is CCNC(=NCC(C)(C)SC)NCCCC(=O)NC1CC1. The summed E-state index contributed by atoms with van der Waals surface area (Å²) in [5, 5.41) is 9.53. The molecule has 5 nitrogen and oxygen atoms in total. The van der Waals surface area contributed by atoms with E-state index in [9.17, 15) is 4.79 Å². The molecule has 1 aliphatic rings. The van der Waals surface area contributed by atoms with E-state index in [0.29, 0.717) is 12.5 Å². The Morgan fingerprint density at radius 1 is 1.33 bits per heavy atom. The molecule has 1 fully saturated rings. The van der Waals surface area contributed by atoms with Gasteiger partial charge in [-0.15, -0.1) is 0 Å². The number of hydrogen-bond acceptors (Lipinski definition) is 3. The first-order chi connectivity index (χ1) is 9.96. The lowest BCUT2D eigenvalue weighted by Gasteiger charge is -2.20. The van der Waals surface area contributed by atoms with Gasteiger partial charge in [0.15, 0.2) is 5.96 Å². The van der Waals surface area contributed by atoms with Gasteiger partial charge in [0.25, 0.3) is 0 Å². The highest BCUT2D eigenvalue weighted by molar-refractivity contribution is 7.99. The van der Waals surface area contributed by atoms with Crippen molar-refractivity contribution < 1.29 is 4.79 Å². The molecular formula is C15H30N4OS. The van der Waals surface area contributed by atoms with Gasteiger partial charge >= 0.3 is 0 Å². The Labute approximate surface area is 133 Å². The Bertz CT molecular complexity index is 354. The molecule has 0 aliphatic heterocycles. The molecule has 0 radical (unpaired) electrons. The maximum Gasteiger partial charge on any atom is 0.220 e. The van der Waals surface area contributed by atoms with Crippen LogP contribution in [0, 0.1) is 0 Å². The van der Waals surface area contributed by atoms with Crippen LogP contribution in [0.25, 0.3) is 0 Å². The number of nitrogens with one attached hydrogen (secondary N) is 3. The van der Waals surface area contributed by atoms with Crippen LogP contribution in [0.5, 0.6) is 0 Å². The topological polar surface area (TPSA) is 65.5 Å². The van der Waals surface area contributed by atoms with E-state index in [1.54, 1.807) is 0 Å². The minimum Gasteiger partial charge on any atom is -0.357 e. The molecule has 0 saturated heterocycles. The molecule has 6 heteroatoms.